The number of pyridine rings is 1. The SMILES string of the molecule is CC.Cc1ccc(Nc2c(C(=O)NC(C)CO)oc3ccncc23)c(F)c1. The predicted octanol–water partition coefficient (Wildman–Crippen LogP) is 4.16. The van der Waals surface area contributed by atoms with Gasteiger partial charge in [0.25, 0.3) is 5.91 Å². The Morgan fingerprint density at radius 1 is 1.33 bits per heavy atom. The van der Waals surface area contributed by atoms with Crippen LogP contribution in [0.5, 0.6) is 0 Å². The van der Waals surface area contributed by atoms with E-state index in [1.807, 2.05) is 13.8 Å². The molecule has 144 valence electrons. The number of halogens is 1. The molecule has 0 saturated heterocycles. The molecular formula is C20H24FN3O3. The summed E-state index contributed by atoms with van der Waals surface area (Å²) in [6, 6.07) is 5.94. The molecule has 0 aliphatic heterocycles. The Balaban J connectivity index is 0.00000126. The van der Waals surface area contributed by atoms with Gasteiger partial charge in [-0.2, -0.15) is 0 Å². The van der Waals surface area contributed by atoms with Crippen LogP contribution in [0, 0.1) is 12.7 Å². The molecule has 3 N–H and O–H groups in total. The molecule has 1 atom stereocenters. The number of hydrogen-bond acceptors (Lipinski definition) is 5. The zero-order chi connectivity index (χ0) is 20.0. The van der Waals surface area contributed by atoms with E-state index >= 15 is 0 Å². The fraction of sp³-hybridized carbons (Fsp3) is 0.300. The topological polar surface area (TPSA) is 87.4 Å². The smallest absolute Gasteiger partial charge is 0.289 e. The van der Waals surface area contributed by atoms with Gasteiger partial charge < -0.3 is 20.2 Å². The predicted molar refractivity (Wildman–Crippen MR) is 104 cm³/mol. The van der Waals surface area contributed by atoms with E-state index in [4.69, 9.17) is 9.52 Å². The van der Waals surface area contributed by atoms with Gasteiger partial charge in [-0.15, -0.1) is 0 Å². The van der Waals surface area contributed by atoms with E-state index in [-0.39, 0.29) is 18.1 Å². The molecule has 0 bridgehead atoms. The molecule has 1 unspecified atom stereocenters. The maximum atomic E-state index is 14.2. The number of furan rings is 1. The van der Waals surface area contributed by atoms with Gasteiger partial charge in [-0.05, 0) is 37.6 Å². The van der Waals surface area contributed by atoms with Crippen LogP contribution in [-0.2, 0) is 0 Å². The number of nitrogens with zero attached hydrogens (tertiary/aromatic N) is 1. The third-order valence-electron chi connectivity index (χ3n) is 3.73. The van der Waals surface area contributed by atoms with Crippen molar-refractivity contribution >= 4 is 28.3 Å². The molecule has 0 aliphatic rings. The van der Waals surface area contributed by atoms with E-state index in [1.165, 1.54) is 6.07 Å². The maximum absolute atomic E-state index is 14.2. The van der Waals surface area contributed by atoms with Crippen LogP contribution in [-0.4, -0.2) is 28.6 Å². The molecule has 1 aromatic carbocycles. The van der Waals surface area contributed by atoms with Gasteiger partial charge in [0.2, 0.25) is 5.76 Å². The monoisotopic (exact) mass is 373 g/mol. The number of carbonyl (C=O) groups excluding carboxylic acids is 1. The Kier molecular flexibility index (Phi) is 6.90. The summed E-state index contributed by atoms with van der Waals surface area (Å²) >= 11 is 0. The van der Waals surface area contributed by atoms with Crippen molar-refractivity contribution in [2.24, 2.45) is 0 Å². The number of amides is 1. The van der Waals surface area contributed by atoms with Gasteiger partial charge in [0.05, 0.1) is 17.7 Å². The maximum Gasteiger partial charge on any atom is 0.289 e. The highest BCUT2D eigenvalue weighted by Gasteiger charge is 2.22. The Hall–Kier alpha value is -2.93. The summed E-state index contributed by atoms with van der Waals surface area (Å²) in [6.07, 6.45) is 3.08. The molecule has 7 heteroatoms. The van der Waals surface area contributed by atoms with Crippen molar-refractivity contribution in [1.82, 2.24) is 10.3 Å². The van der Waals surface area contributed by atoms with Crippen LogP contribution in [0.1, 0.15) is 36.9 Å². The number of fused-ring (bicyclic) bond motifs is 1. The number of rotatable bonds is 5. The van der Waals surface area contributed by atoms with Crippen LogP contribution in [0.3, 0.4) is 0 Å². The second-order valence-corrected chi connectivity index (χ2v) is 5.84. The Morgan fingerprint density at radius 2 is 2.07 bits per heavy atom. The molecule has 0 fully saturated rings. The molecule has 2 aromatic heterocycles. The van der Waals surface area contributed by atoms with E-state index in [1.54, 1.807) is 44.4 Å². The summed E-state index contributed by atoms with van der Waals surface area (Å²) in [7, 11) is 0. The Labute approximate surface area is 157 Å². The molecule has 3 rings (SSSR count). The van der Waals surface area contributed by atoms with Crippen LogP contribution < -0.4 is 10.6 Å². The number of anilines is 2. The average molecular weight is 373 g/mol. The summed E-state index contributed by atoms with van der Waals surface area (Å²) < 4.78 is 19.8. The van der Waals surface area contributed by atoms with Gasteiger partial charge in [-0.25, -0.2) is 4.39 Å². The molecule has 6 nitrogen and oxygen atoms in total. The van der Waals surface area contributed by atoms with Crippen LogP contribution in [0.2, 0.25) is 0 Å². The Morgan fingerprint density at radius 3 is 2.74 bits per heavy atom. The summed E-state index contributed by atoms with van der Waals surface area (Å²) in [6.45, 7) is 7.25. The standard InChI is InChI=1S/C18H18FN3O3.C2H6/c1-10-3-4-14(13(19)7-10)22-16-12-8-20-6-5-15(12)25-17(16)18(24)21-11(2)9-23;1-2/h3-8,11,22-23H,9H2,1-2H3,(H,21,24);1-2H3. The van der Waals surface area contributed by atoms with Gasteiger partial charge in [-0.1, -0.05) is 19.9 Å². The van der Waals surface area contributed by atoms with Crippen molar-refractivity contribution in [3.8, 4) is 0 Å². The van der Waals surface area contributed by atoms with Gasteiger partial charge in [0.1, 0.15) is 17.1 Å². The summed E-state index contributed by atoms with van der Waals surface area (Å²) in [5.74, 6) is -0.940. The van der Waals surface area contributed by atoms with Crippen LogP contribution in [0.25, 0.3) is 11.0 Å². The van der Waals surface area contributed by atoms with Crippen molar-refractivity contribution < 1.29 is 18.7 Å². The zero-order valence-corrected chi connectivity index (χ0v) is 15.8. The van der Waals surface area contributed by atoms with E-state index < -0.39 is 17.8 Å². The van der Waals surface area contributed by atoms with Crippen molar-refractivity contribution in [3.63, 3.8) is 0 Å². The molecule has 3 aromatic rings. The number of nitrogens with one attached hydrogen (secondary N) is 2. The summed E-state index contributed by atoms with van der Waals surface area (Å²) in [5, 5.41) is 15.2. The number of benzene rings is 1. The quantitative estimate of drug-likeness (QED) is 0.625. The van der Waals surface area contributed by atoms with Crippen LogP contribution >= 0.6 is 0 Å². The highest BCUT2D eigenvalue weighted by molar-refractivity contribution is 6.07. The third-order valence-corrected chi connectivity index (χ3v) is 3.73. The first-order chi connectivity index (χ1) is 13.0. The van der Waals surface area contributed by atoms with Crippen LogP contribution in [0.15, 0.2) is 41.1 Å². The fourth-order valence-electron chi connectivity index (χ4n) is 2.42. The minimum atomic E-state index is -0.507. The normalized spacial score (nSPS) is 11.5. The molecule has 2 heterocycles. The van der Waals surface area contributed by atoms with E-state index in [9.17, 15) is 9.18 Å². The molecule has 0 radical (unpaired) electrons. The molecule has 0 saturated carbocycles. The first-order valence-corrected chi connectivity index (χ1v) is 8.81. The Bertz CT molecular complexity index is 924. The molecular weight excluding hydrogens is 349 g/mol. The van der Waals surface area contributed by atoms with Gasteiger partial charge >= 0.3 is 0 Å². The first kappa shape index (κ1) is 20.4. The lowest BCUT2D eigenvalue weighted by Gasteiger charge is -2.12. The van der Waals surface area contributed by atoms with E-state index in [0.717, 1.165) is 5.56 Å². The lowest BCUT2D eigenvalue weighted by atomic mass is 10.2. The second-order valence-electron chi connectivity index (χ2n) is 5.84. The molecule has 27 heavy (non-hydrogen) atoms. The third kappa shape index (κ3) is 4.62. The first-order valence-electron chi connectivity index (χ1n) is 8.81. The largest absolute Gasteiger partial charge is 0.448 e. The highest BCUT2D eigenvalue weighted by Crippen LogP contribution is 2.33. The second kappa shape index (κ2) is 9.14. The van der Waals surface area contributed by atoms with Crippen molar-refractivity contribution in [2.75, 3.05) is 11.9 Å². The van der Waals surface area contributed by atoms with E-state index in [0.29, 0.717) is 16.7 Å². The minimum Gasteiger partial charge on any atom is -0.448 e. The summed E-state index contributed by atoms with van der Waals surface area (Å²) in [5.41, 5.74) is 1.79. The number of carbonyl (C=O) groups is 1. The summed E-state index contributed by atoms with van der Waals surface area (Å²) in [4.78, 5) is 16.5. The van der Waals surface area contributed by atoms with Crippen molar-refractivity contribution in [1.29, 1.82) is 0 Å². The number of hydrogen-bond donors (Lipinski definition) is 3. The minimum absolute atomic E-state index is 0.00303. The molecule has 0 spiro atoms. The van der Waals surface area contributed by atoms with Gasteiger partial charge in [-0.3, -0.25) is 9.78 Å². The van der Waals surface area contributed by atoms with Gasteiger partial charge in [0.15, 0.2) is 0 Å². The molecule has 0 aliphatic carbocycles. The number of aryl methyl sites for hydroxylation is 1. The molecule has 1 amide bonds. The zero-order valence-electron chi connectivity index (χ0n) is 15.8. The van der Waals surface area contributed by atoms with E-state index in [2.05, 4.69) is 15.6 Å². The lowest BCUT2D eigenvalue weighted by Crippen LogP contribution is -2.35. The van der Waals surface area contributed by atoms with Crippen molar-refractivity contribution in [2.45, 2.75) is 33.7 Å². The fourth-order valence-corrected chi connectivity index (χ4v) is 2.42. The number of aromatic nitrogens is 1. The number of aliphatic hydroxyl groups is 1. The average Bonchev–Trinajstić information content (AvgIpc) is 3.04. The van der Waals surface area contributed by atoms with Crippen molar-refractivity contribution in [3.05, 3.63) is 53.8 Å². The highest BCUT2D eigenvalue weighted by atomic mass is 19.1. The van der Waals surface area contributed by atoms with Gasteiger partial charge in [0, 0.05) is 18.4 Å². The number of aliphatic hydroxyl groups excluding tert-OH is 1. The van der Waals surface area contributed by atoms with Crippen LogP contribution in [0.4, 0.5) is 15.8 Å². The lowest BCUT2D eigenvalue weighted by molar-refractivity contribution is 0.0897.